The van der Waals surface area contributed by atoms with E-state index in [1.54, 1.807) is 13.1 Å². The summed E-state index contributed by atoms with van der Waals surface area (Å²) in [5.41, 5.74) is 5.99. The van der Waals surface area contributed by atoms with Crippen LogP contribution >= 0.6 is 12.4 Å². The van der Waals surface area contributed by atoms with Crippen LogP contribution in [0.5, 0.6) is 0 Å². The first-order valence-corrected chi connectivity index (χ1v) is 5.32. The van der Waals surface area contributed by atoms with Gasteiger partial charge in [0.1, 0.15) is 0 Å². The van der Waals surface area contributed by atoms with Crippen molar-refractivity contribution in [1.29, 1.82) is 0 Å². The Morgan fingerprint density at radius 1 is 1.21 bits per heavy atom. The lowest BCUT2D eigenvalue weighted by Gasteiger charge is -2.12. The molecule has 0 atom stereocenters. The predicted molar refractivity (Wildman–Crippen MR) is 68.8 cm³/mol. The average Bonchev–Trinajstić information content (AvgIpc) is 2.69. The van der Waals surface area contributed by atoms with Gasteiger partial charge >= 0.3 is 6.18 Å². The van der Waals surface area contributed by atoms with Crippen molar-refractivity contribution in [1.82, 2.24) is 9.78 Å². The van der Waals surface area contributed by atoms with E-state index in [1.165, 1.54) is 23.0 Å². The van der Waals surface area contributed by atoms with Gasteiger partial charge in [-0.25, -0.2) is 0 Å². The lowest BCUT2D eigenvalue weighted by atomic mass is 10.00. The fourth-order valence-corrected chi connectivity index (χ4v) is 1.90. The highest BCUT2D eigenvalue weighted by Crippen LogP contribution is 2.37. The lowest BCUT2D eigenvalue weighted by Crippen LogP contribution is -2.09. The SMILES string of the molecule is Cl.Cn1ncc(-c2ccccc2C(F)(F)F)c1CN. The molecule has 3 nitrogen and oxygen atoms in total. The molecule has 0 radical (unpaired) electrons. The summed E-state index contributed by atoms with van der Waals surface area (Å²) in [6.07, 6.45) is -2.98. The van der Waals surface area contributed by atoms with E-state index >= 15 is 0 Å². The fraction of sp³-hybridized carbons (Fsp3) is 0.250. The van der Waals surface area contributed by atoms with Gasteiger partial charge < -0.3 is 5.73 Å². The van der Waals surface area contributed by atoms with Crippen molar-refractivity contribution in [3.8, 4) is 11.1 Å². The molecule has 0 spiro atoms. The van der Waals surface area contributed by atoms with Gasteiger partial charge in [0.2, 0.25) is 0 Å². The molecular formula is C12H13ClF3N3. The van der Waals surface area contributed by atoms with Gasteiger partial charge in [0.25, 0.3) is 0 Å². The number of aromatic nitrogens is 2. The third kappa shape index (κ3) is 2.90. The van der Waals surface area contributed by atoms with E-state index in [-0.39, 0.29) is 24.5 Å². The van der Waals surface area contributed by atoms with E-state index in [2.05, 4.69) is 5.10 Å². The molecule has 0 amide bonds. The van der Waals surface area contributed by atoms with Crippen molar-refractivity contribution in [2.24, 2.45) is 12.8 Å². The Balaban J connectivity index is 0.00000180. The molecule has 0 aliphatic rings. The highest BCUT2D eigenvalue weighted by atomic mass is 35.5. The van der Waals surface area contributed by atoms with E-state index < -0.39 is 11.7 Å². The minimum atomic E-state index is -4.39. The zero-order valence-electron chi connectivity index (χ0n) is 10.1. The molecule has 19 heavy (non-hydrogen) atoms. The van der Waals surface area contributed by atoms with Crippen molar-refractivity contribution < 1.29 is 13.2 Å². The van der Waals surface area contributed by atoms with Crippen LogP contribution in [0, 0.1) is 0 Å². The molecular weight excluding hydrogens is 279 g/mol. The summed E-state index contributed by atoms with van der Waals surface area (Å²) in [5.74, 6) is 0. The van der Waals surface area contributed by atoms with Gasteiger partial charge in [0.05, 0.1) is 17.5 Å². The molecule has 0 aliphatic heterocycles. The number of benzene rings is 1. The highest BCUT2D eigenvalue weighted by molar-refractivity contribution is 5.85. The van der Waals surface area contributed by atoms with Crippen LogP contribution in [-0.2, 0) is 19.8 Å². The van der Waals surface area contributed by atoms with Crippen molar-refractivity contribution in [3.63, 3.8) is 0 Å². The van der Waals surface area contributed by atoms with Gasteiger partial charge in [0.15, 0.2) is 0 Å². The third-order valence-electron chi connectivity index (χ3n) is 2.78. The van der Waals surface area contributed by atoms with Crippen molar-refractivity contribution in [3.05, 3.63) is 41.7 Å². The highest BCUT2D eigenvalue weighted by Gasteiger charge is 2.34. The molecule has 2 aromatic rings. The second-order valence-electron chi connectivity index (χ2n) is 3.88. The first-order valence-electron chi connectivity index (χ1n) is 5.32. The molecule has 0 unspecified atom stereocenters. The van der Waals surface area contributed by atoms with Crippen LogP contribution in [0.2, 0.25) is 0 Å². The van der Waals surface area contributed by atoms with Gasteiger partial charge in [0, 0.05) is 19.2 Å². The van der Waals surface area contributed by atoms with Gasteiger partial charge in [-0.15, -0.1) is 12.4 Å². The molecule has 0 aliphatic carbocycles. The van der Waals surface area contributed by atoms with Crippen LogP contribution in [0.1, 0.15) is 11.3 Å². The first kappa shape index (κ1) is 15.5. The monoisotopic (exact) mass is 291 g/mol. The first-order chi connectivity index (χ1) is 8.45. The van der Waals surface area contributed by atoms with Gasteiger partial charge in [-0.3, -0.25) is 4.68 Å². The molecule has 0 saturated heterocycles. The van der Waals surface area contributed by atoms with E-state index in [0.717, 1.165) is 6.07 Å². The smallest absolute Gasteiger partial charge is 0.325 e. The largest absolute Gasteiger partial charge is 0.417 e. The zero-order chi connectivity index (χ0) is 13.3. The number of nitrogens with two attached hydrogens (primary N) is 1. The van der Waals surface area contributed by atoms with E-state index in [0.29, 0.717) is 11.3 Å². The molecule has 1 aromatic heterocycles. The van der Waals surface area contributed by atoms with Gasteiger partial charge in [-0.05, 0) is 11.6 Å². The molecule has 0 bridgehead atoms. The Kier molecular flexibility index (Phi) is 4.60. The fourth-order valence-electron chi connectivity index (χ4n) is 1.90. The molecule has 2 rings (SSSR count). The normalized spacial score (nSPS) is 11.2. The molecule has 7 heteroatoms. The molecule has 1 aromatic carbocycles. The Morgan fingerprint density at radius 3 is 2.42 bits per heavy atom. The number of alkyl halides is 3. The summed E-state index contributed by atoms with van der Waals surface area (Å²) in [4.78, 5) is 0. The topological polar surface area (TPSA) is 43.8 Å². The van der Waals surface area contributed by atoms with E-state index in [4.69, 9.17) is 5.73 Å². The average molecular weight is 292 g/mol. The predicted octanol–water partition coefficient (Wildman–Crippen LogP) is 2.99. The maximum absolute atomic E-state index is 12.9. The van der Waals surface area contributed by atoms with Crippen LogP contribution in [-0.4, -0.2) is 9.78 Å². The molecule has 0 fully saturated rings. The number of nitrogens with zero attached hydrogens (tertiary/aromatic N) is 2. The minimum absolute atomic E-state index is 0. The van der Waals surface area contributed by atoms with Crippen LogP contribution in [0.15, 0.2) is 30.5 Å². The number of rotatable bonds is 2. The van der Waals surface area contributed by atoms with E-state index in [1.807, 2.05) is 0 Å². The standard InChI is InChI=1S/C12H12F3N3.ClH/c1-18-11(6-16)9(7-17-18)8-4-2-3-5-10(8)12(13,14)15;/h2-5,7H,6,16H2,1H3;1H. The second kappa shape index (κ2) is 5.63. The van der Waals surface area contributed by atoms with Crippen LogP contribution < -0.4 is 5.73 Å². The quantitative estimate of drug-likeness (QED) is 0.924. The van der Waals surface area contributed by atoms with Crippen molar-refractivity contribution in [2.75, 3.05) is 0 Å². The molecule has 2 N–H and O–H groups in total. The summed E-state index contributed by atoms with van der Waals surface area (Å²) in [5, 5.41) is 3.96. The van der Waals surface area contributed by atoms with Crippen LogP contribution in [0.4, 0.5) is 13.2 Å². The van der Waals surface area contributed by atoms with E-state index in [9.17, 15) is 13.2 Å². The molecule has 1 heterocycles. The van der Waals surface area contributed by atoms with Crippen molar-refractivity contribution >= 4 is 12.4 Å². The maximum atomic E-state index is 12.9. The Bertz CT molecular complexity index is 564. The number of hydrogen-bond acceptors (Lipinski definition) is 2. The molecule has 0 saturated carbocycles. The summed E-state index contributed by atoms with van der Waals surface area (Å²) >= 11 is 0. The lowest BCUT2D eigenvalue weighted by molar-refractivity contribution is -0.137. The third-order valence-corrected chi connectivity index (χ3v) is 2.78. The molecule has 104 valence electrons. The Hall–Kier alpha value is -1.53. The van der Waals surface area contributed by atoms with Crippen LogP contribution in [0.3, 0.4) is 0 Å². The van der Waals surface area contributed by atoms with Gasteiger partial charge in [-0.1, -0.05) is 18.2 Å². The van der Waals surface area contributed by atoms with Gasteiger partial charge in [-0.2, -0.15) is 18.3 Å². The Morgan fingerprint density at radius 2 is 1.84 bits per heavy atom. The summed E-state index contributed by atoms with van der Waals surface area (Å²) in [6.45, 7) is 0.137. The summed E-state index contributed by atoms with van der Waals surface area (Å²) in [7, 11) is 1.65. The van der Waals surface area contributed by atoms with Crippen LogP contribution in [0.25, 0.3) is 11.1 Å². The number of hydrogen-bond donors (Lipinski definition) is 1. The Labute approximate surface area is 114 Å². The maximum Gasteiger partial charge on any atom is 0.417 e. The minimum Gasteiger partial charge on any atom is -0.325 e. The zero-order valence-corrected chi connectivity index (χ0v) is 10.9. The summed E-state index contributed by atoms with van der Waals surface area (Å²) in [6, 6.07) is 5.42. The van der Waals surface area contributed by atoms with Crippen molar-refractivity contribution in [2.45, 2.75) is 12.7 Å². The second-order valence-corrected chi connectivity index (χ2v) is 3.88. The summed E-state index contributed by atoms with van der Waals surface area (Å²) < 4.78 is 40.2. The number of halogens is 4. The number of aryl methyl sites for hydroxylation is 1.